The number of aromatic nitrogens is 3. The molecule has 0 fully saturated rings. The van der Waals surface area contributed by atoms with Gasteiger partial charge >= 0.3 is 5.97 Å². The van der Waals surface area contributed by atoms with E-state index in [-0.39, 0.29) is 29.8 Å². The monoisotopic (exact) mass is 394 g/mol. The fourth-order valence-corrected chi connectivity index (χ4v) is 4.23. The van der Waals surface area contributed by atoms with Crippen LogP contribution in [0, 0.1) is 12.8 Å². The Morgan fingerprint density at radius 3 is 3.04 bits per heavy atom. The zero-order valence-corrected chi connectivity index (χ0v) is 16.0. The van der Waals surface area contributed by atoms with Crippen LogP contribution in [0.2, 0.25) is 0 Å². The lowest BCUT2D eigenvalue weighted by atomic mass is 10.1. The molecule has 1 N–H and O–H groups in total. The van der Waals surface area contributed by atoms with Gasteiger partial charge < -0.3 is 10.1 Å². The van der Waals surface area contributed by atoms with Crippen molar-refractivity contribution in [1.29, 1.82) is 0 Å². The van der Waals surface area contributed by atoms with E-state index in [4.69, 9.17) is 4.74 Å². The summed E-state index contributed by atoms with van der Waals surface area (Å²) in [5, 5.41) is 5.55. The first-order valence-corrected chi connectivity index (χ1v) is 9.94. The Balaban J connectivity index is 1.64. The maximum atomic E-state index is 12.5. The van der Waals surface area contributed by atoms with E-state index < -0.39 is 0 Å². The molecular weight excluding hydrogens is 376 g/mol. The molecule has 1 atom stereocenters. The van der Waals surface area contributed by atoms with Crippen molar-refractivity contribution in [3.8, 4) is 0 Å². The van der Waals surface area contributed by atoms with Crippen LogP contribution in [0.3, 0.4) is 0 Å². The lowest BCUT2D eigenvalue weighted by molar-refractivity contribution is -0.142. The first kappa shape index (κ1) is 18.6. The van der Waals surface area contributed by atoms with Crippen LogP contribution in [-0.4, -0.2) is 38.8 Å². The second-order valence-corrected chi connectivity index (χ2v) is 7.61. The third-order valence-corrected chi connectivity index (χ3v) is 5.74. The van der Waals surface area contributed by atoms with Gasteiger partial charge in [0.05, 0.1) is 24.6 Å². The van der Waals surface area contributed by atoms with Crippen molar-refractivity contribution in [2.75, 3.05) is 17.7 Å². The van der Waals surface area contributed by atoms with Gasteiger partial charge in [0, 0.05) is 29.4 Å². The number of nitrogens with one attached hydrogen (secondary N) is 1. The van der Waals surface area contributed by atoms with Gasteiger partial charge in [0.15, 0.2) is 10.3 Å². The van der Waals surface area contributed by atoms with Crippen molar-refractivity contribution >= 4 is 40.1 Å². The topological polar surface area (TPSA) is 103 Å². The first-order chi connectivity index (χ1) is 12.5. The number of nitrogens with zero attached hydrogens (tertiary/aromatic N) is 3. The minimum absolute atomic E-state index is 0.0766. The summed E-state index contributed by atoms with van der Waals surface area (Å²) < 4.78 is 6.43. The Morgan fingerprint density at radius 2 is 2.27 bits per heavy atom. The standard InChI is InChI=1S/C16H18N4O4S2/c1-3-24-12(21)4-11-8-25-15(18-11)19-13(22)10-6-20-14(23)9(2)5-17-16(20)26-7-10/h5,8,10H,3-4,6-7H2,1-2H3,(H,18,19,22). The summed E-state index contributed by atoms with van der Waals surface area (Å²) in [5.74, 6) is -0.361. The van der Waals surface area contributed by atoms with Gasteiger partial charge in [-0.05, 0) is 13.8 Å². The molecule has 2 aromatic rings. The number of esters is 1. The number of hydrogen-bond acceptors (Lipinski definition) is 8. The number of hydrogen-bond donors (Lipinski definition) is 1. The summed E-state index contributed by atoms with van der Waals surface area (Å²) in [4.78, 5) is 44.7. The smallest absolute Gasteiger partial charge is 0.311 e. The van der Waals surface area contributed by atoms with Gasteiger partial charge in [-0.25, -0.2) is 9.97 Å². The maximum Gasteiger partial charge on any atom is 0.311 e. The van der Waals surface area contributed by atoms with Gasteiger partial charge in [0.25, 0.3) is 5.56 Å². The molecule has 3 rings (SSSR count). The fraction of sp³-hybridized carbons (Fsp3) is 0.438. The van der Waals surface area contributed by atoms with Crippen molar-refractivity contribution in [3.63, 3.8) is 0 Å². The SMILES string of the molecule is CCOC(=O)Cc1csc(NC(=O)C2CSc3ncc(C)c(=O)n3C2)n1. The molecule has 1 unspecified atom stereocenters. The number of rotatable bonds is 5. The number of carbonyl (C=O) groups excluding carboxylic acids is 2. The van der Waals surface area contributed by atoms with Gasteiger partial charge in [-0.15, -0.1) is 11.3 Å². The summed E-state index contributed by atoms with van der Waals surface area (Å²) in [6.45, 7) is 4.06. The Hall–Kier alpha value is -2.20. The molecule has 0 saturated carbocycles. The van der Waals surface area contributed by atoms with Crippen molar-refractivity contribution in [3.05, 3.63) is 33.2 Å². The molecule has 0 radical (unpaired) electrons. The molecule has 3 heterocycles. The van der Waals surface area contributed by atoms with Gasteiger partial charge in [-0.2, -0.15) is 0 Å². The van der Waals surface area contributed by atoms with E-state index in [2.05, 4.69) is 15.3 Å². The third-order valence-electron chi connectivity index (χ3n) is 3.78. The van der Waals surface area contributed by atoms with Crippen molar-refractivity contribution in [2.24, 2.45) is 5.92 Å². The highest BCUT2D eigenvalue weighted by atomic mass is 32.2. The zero-order valence-electron chi connectivity index (χ0n) is 14.4. The second-order valence-electron chi connectivity index (χ2n) is 5.76. The molecule has 2 aromatic heterocycles. The summed E-state index contributed by atoms with van der Waals surface area (Å²) in [5.41, 5.74) is 0.994. The fourth-order valence-electron chi connectivity index (χ4n) is 2.47. The average Bonchev–Trinajstić information content (AvgIpc) is 3.05. The number of ether oxygens (including phenoxy) is 1. The summed E-state index contributed by atoms with van der Waals surface area (Å²) >= 11 is 2.65. The highest BCUT2D eigenvalue weighted by Crippen LogP contribution is 2.26. The van der Waals surface area contributed by atoms with Crippen LogP contribution in [0.5, 0.6) is 0 Å². The maximum absolute atomic E-state index is 12.5. The molecule has 0 saturated heterocycles. The summed E-state index contributed by atoms with van der Waals surface area (Å²) in [6, 6.07) is 0. The molecule has 1 aliphatic heterocycles. The van der Waals surface area contributed by atoms with Gasteiger partial charge in [0.1, 0.15) is 0 Å². The van der Waals surface area contributed by atoms with Crippen LogP contribution >= 0.6 is 23.1 Å². The van der Waals surface area contributed by atoms with Gasteiger partial charge in [0.2, 0.25) is 5.91 Å². The van der Waals surface area contributed by atoms with Crippen LogP contribution in [-0.2, 0) is 27.3 Å². The minimum atomic E-state index is -0.355. The van der Waals surface area contributed by atoms with E-state index in [0.717, 1.165) is 0 Å². The lowest BCUT2D eigenvalue weighted by Crippen LogP contribution is -2.37. The zero-order chi connectivity index (χ0) is 18.7. The predicted octanol–water partition coefficient (Wildman–Crippen LogP) is 1.47. The first-order valence-electron chi connectivity index (χ1n) is 8.08. The highest BCUT2D eigenvalue weighted by Gasteiger charge is 2.27. The summed E-state index contributed by atoms with van der Waals surface area (Å²) in [6.07, 6.45) is 1.63. The molecule has 10 heteroatoms. The molecule has 8 nitrogen and oxygen atoms in total. The van der Waals surface area contributed by atoms with Gasteiger partial charge in [-0.1, -0.05) is 11.8 Å². The van der Waals surface area contributed by atoms with Crippen molar-refractivity contribution in [1.82, 2.24) is 14.5 Å². The molecule has 0 aromatic carbocycles. The van der Waals surface area contributed by atoms with E-state index >= 15 is 0 Å². The van der Waals surface area contributed by atoms with Gasteiger partial charge in [-0.3, -0.25) is 19.0 Å². The molecule has 0 spiro atoms. The number of aryl methyl sites for hydroxylation is 1. The molecular formula is C16H18N4O4S2. The predicted molar refractivity (Wildman–Crippen MR) is 98.5 cm³/mol. The number of anilines is 1. The molecule has 26 heavy (non-hydrogen) atoms. The molecule has 1 aliphatic rings. The normalized spacial score (nSPS) is 16.0. The molecule has 0 aliphatic carbocycles. The third kappa shape index (κ3) is 4.13. The Bertz CT molecular complexity index is 893. The van der Waals surface area contributed by atoms with Crippen molar-refractivity contribution < 1.29 is 14.3 Å². The summed E-state index contributed by atoms with van der Waals surface area (Å²) in [7, 11) is 0. The minimum Gasteiger partial charge on any atom is -0.466 e. The van der Waals surface area contributed by atoms with E-state index in [9.17, 15) is 14.4 Å². The van der Waals surface area contributed by atoms with Crippen LogP contribution < -0.4 is 10.9 Å². The Morgan fingerprint density at radius 1 is 1.46 bits per heavy atom. The second kappa shape index (κ2) is 8.00. The van der Waals surface area contributed by atoms with Crippen LogP contribution in [0.4, 0.5) is 5.13 Å². The van der Waals surface area contributed by atoms with Crippen molar-refractivity contribution in [2.45, 2.75) is 32.0 Å². The number of amides is 1. The molecule has 0 bridgehead atoms. The number of thiazole rings is 1. The number of carbonyl (C=O) groups is 2. The Labute approximate surface area is 158 Å². The average molecular weight is 394 g/mol. The number of fused-ring (bicyclic) bond motifs is 1. The van der Waals surface area contributed by atoms with Crippen LogP contribution in [0.15, 0.2) is 21.5 Å². The van der Waals surface area contributed by atoms with E-state index in [0.29, 0.717) is 40.4 Å². The lowest BCUT2D eigenvalue weighted by Gasteiger charge is -2.23. The molecule has 138 valence electrons. The van der Waals surface area contributed by atoms with Crippen LogP contribution in [0.25, 0.3) is 0 Å². The quantitative estimate of drug-likeness (QED) is 0.605. The molecule has 1 amide bonds. The highest BCUT2D eigenvalue weighted by molar-refractivity contribution is 7.99. The van der Waals surface area contributed by atoms with E-state index in [1.54, 1.807) is 30.0 Å². The number of thioether (sulfide) groups is 1. The van der Waals surface area contributed by atoms with E-state index in [1.165, 1.54) is 23.1 Å². The Kier molecular flexibility index (Phi) is 5.72. The van der Waals surface area contributed by atoms with Crippen LogP contribution in [0.1, 0.15) is 18.2 Å². The largest absolute Gasteiger partial charge is 0.466 e. The van der Waals surface area contributed by atoms with E-state index in [1.807, 2.05) is 0 Å².